The standard InChI is InChI=1S/C12H20N2OS/c1-10(2)14(7-3-6-13)11(15)8-12(9-16)4-5-12/h10,16H,3-5,7-9H2,1-2H3. The fourth-order valence-electron chi connectivity index (χ4n) is 1.83. The smallest absolute Gasteiger partial charge is 0.223 e. The van der Waals surface area contributed by atoms with Gasteiger partial charge in [-0.05, 0) is 37.9 Å². The molecule has 0 aromatic heterocycles. The van der Waals surface area contributed by atoms with Gasteiger partial charge in [-0.2, -0.15) is 17.9 Å². The molecule has 1 amide bonds. The molecule has 0 spiro atoms. The highest BCUT2D eigenvalue weighted by molar-refractivity contribution is 7.80. The summed E-state index contributed by atoms with van der Waals surface area (Å²) in [7, 11) is 0. The molecule has 1 saturated carbocycles. The third-order valence-corrected chi connectivity index (χ3v) is 3.90. The van der Waals surface area contributed by atoms with Gasteiger partial charge in [-0.15, -0.1) is 0 Å². The summed E-state index contributed by atoms with van der Waals surface area (Å²) in [6.45, 7) is 4.54. The van der Waals surface area contributed by atoms with E-state index in [0.717, 1.165) is 18.6 Å². The number of thiol groups is 1. The molecule has 0 saturated heterocycles. The van der Waals surface area contributed by atoms with Gasteiger partial charge >= 0.3 is 0 Å². The van der Waals surface area contributed by atoms with E-state index in [9.17, 15) is 4.79 Å². The maximum Gasteiger partial charge on any atom is 0.223 e. The van der Waals surface area contributed by atoms with Crippen molar-refractivity contribution in [1.82, 2.24) is 4.90 Å². The molecule has 0 aromatic rings. The molecule has 0 aliphatic heterocycles. The molecule has 1 aliphatic carbocycles. The number of carbonyl (C=O) groups excluding carboxylic acids is 1. The maximum atomic E-state index is 12.1. The Hall–Kier alpha value is -0.690. The van der Waals surface area contributed by atoms with Gasteiger partial charge in [0.05, 0.1) is 12.5 Å². The molecule has 90 valence electrons. The molecule has 1 rings (SSSR count). The zero-order chi connectivity index (χ0) is 12.2. The molecule has 0 unspecified atom stereocenters. The van der Waals surface area contributed by atoms with Gasteiger partial charge in [0.15, 0.2) is 0 Å². The van der Waals surface area contributed by atoms with E-state index in [1.54, 1.807) is 0 Å². The normalized spacial score (nSPS) is 16.9. The number of rotatable bonds is 6. The van der Waals surface area contributed by atoms with Crippen LogP contribution in [0.3, 0.4) is 0 Å². The van der Waals surface area contributed by atoms with E-state index >= 15 is 0 Å². The Morgan fingerprint density at radius 3 is 2.56 bits per heavy atom. The van der Waals surface area contributed by atoms with Gasteiger partial charge in [-0.25, -0.2) is 0 Å². The van der Waals surface area contributed by atoms with E-state index in [4.69, 9.17) is 5.26 Å². The molecule has 16 heavy (non-hydrogen) atoms. The summed E-state index contributed by atoms with van der Waals surface area (Å²) in [5, 5.41) is 8.57. The second-order valence-electron chi connectivity index (χ2n) is 4.92. The van der Waals surface area contributed by atoms with Crippen LogP contribution in [0.2, 0.25) is 0 Å². The Bertz CT molecular complexity index is 292. The number of carbonyl (C=O) groups is 1. The molecule has 4 heteroatoms. The molecular weight excluding hydrogens is 220 g/mol. The third kappa shape index (κ3) is 3.41. The third-order valence-electron chi connectivity index (χ3n) is 3.23. The quantitative estimate of drug-likeness (QED) is 0.724. The summed E-state index contributed by atoms with van der Waals surface area (Å²) >= 11 is 4.31. The van der Waals surface area contributed by atoms with E-state index in [1.807, 2.05) is 18.7 Å². The van der Waals surface area contributed by atoms with Crippen molar-refractivity contribution in [1.29, 1.82) is 5.26 Å². The molecule has 1 fully saturated rings. The lowest BCUT2D eigenvalue weighted by molar-refractivity contribution is -0.133. The largest absolute Gasteiger partial charge is 0.339 e. The Balaban J connectivity index is 2.51. The minimum atomic E-state index is 0.167. The van der Waals surface area contributed by atoms with Crippen molar-refractivity contribution in [2.75, 3.05) is 12.3 Å². The topological polar surface area (TPSA) is 44.1 Å². The van der Waals surface area contributed by atoms with Crippen LogP contribution in [-0.2, 0) is 4.79 Å². The van der Waals surface area contributed by atoms with Gasteiger partial charge in [0.25, 0.3) is 0 Å². The zero-order valence-electron chi connectivity index (χ0n) is 10.1. The fraction of sp³-hybridized carbons (Fsp3) is 0.833. The van der Waals surface area contributed by atoms with Gasteiger partial charge < -0.3 is 4.90 Å². The zero-order valence-corrected chi connectivity index (χ0v) is 11.0. The van der Waals surface area contributed by atoms with Crippen LogP contribution in [0.5, 0.6) is 0 Å². The summed E-state index contributed by atoms with van der Waals surface area (Å²) in [6.07, 6.45) is 3.25. The highest BCUT2D eigenvalue weighted by Gasteiger charge is 2.43. The van der Waals surface area contributed by atoms with Crippen LogP contribution in [0.4, 0.5) is 0 Å². The summed E-state index contributed by atoms with van der Waals surface area (Å²) in [5.74, 6) is 0.972. The van der Waals surface area contributed by atoms with Gasteiger partial charge in [0.1, 0.15) is 0 Å². The lowest BCUT2D eigenvalue weighted by Crippen LogP contribution is -2.39. The fourth-order valence-corrected chi connectivity index (χ4v) is 2.26. The van der Waals surface area contributed by atoms with Crippen molar-refractivity contribution >= 4 is 18.5 Å². The van der Waals surface area contributed by atoms with E-state index in [1.165, 1.54) is 0 Å². The van der Waals surface area contributed by atoms with E-state index in [2.05, 4.69) is 18.7 Å². The number of amides is 1. The molecule has 0 atom stereocenters. The van der Waals surface area contributed by atoms with Crippen molar-refractivity contribution in [2.45, 2.75) is 45.6 Å². The molecule has 0 heterocycles. The van der Waals surface area contributed by atoms with E-state index in [0.29, 0.717) is 19.4 Å². The Kier molecular flexibility index (Phi) is 4.67. The van der Waals surface area contributed by atoms with Crippen LogP contribution < -0.4 is 0 Å². The number of hydrogen-bond acceptors (Lipinski definition) is 3. The van der Waals surface area contributed by atoms with Crippen molar-refractivity contribution in [3.8, 4) is 6.07 Å². The van der Waals surface area contributed by atoms with Crippen LogP contribution in [0.1, 0.15) is 39.5 Å². The molecule has 0 aromatic carbocycles. The Labute approximate surface area is 103 Å². The summed E-state index contributed by atoms with van der Waals surface area (Å²) in [5.41, 5.74) is 0.167. The molecule has 3 nitrogen and oxygen atoms in total. The Morgan fingerprint density at radius 2 is 2.19 bits per heavy atom. The van der Waals surface area contributed by atoms with Crippen LogP contribution in [-0.4, -0.2) is 29.1 Å². The number of nitriles is 1. The van der Waals surface area contributed by atoms with Crippen molar-refractivity contribution in [3.63, 3.8) is 0 Å². The van der Waals surface area contributed by atoms with Gasteiger partial charge in [-0.1, -0.05) is 0 Å². The summed E-state index contributed by atoms with van der Waals surface area (Å²) < 4.78 is 0. The number of hydrogen-bond donors (Lipinski definition) is 1. The molecule has 0 bridgehead atoms. The second kappa shape index (κ2) is 5.58. The minimum absolute atomic E-state index is 0.167. The second-order valence-corrected chi connectivity index (χ2v) is 5.24. The first kappa shape index (κ1) is 13.4. The predicted molar refractivity (Wildman–Crippen MR) is 67.2 cm³/mol. The average molecular weight is 240 g/mol. The molecular formula is C12H20N2OS. The van der Waals surface area contributed by atoms with Crippen LogP contribution in [0.15, 0.2) is 0 Å². The first-order valence-electron chi connectivity index (χ1n) is 5.82. The Morgan fingerprint density at radius 1 is 1.56 bits per heavy atom. The van der Waals surface area contributed by atoms with Gasteiger partial charge in [-0.3, -0.25) is 4.79 Å². The number of nitrogens with zero attached hydrogens (tertiary/aromatic N) is 2. The summed E-state index contributed by atoms with van der Waals surface area (Å²) in [6, 6.07) is 2.27. The maximum absolute atomic E-state index is 12.1. The van der Waals surface area contributed by atoms with Crippen LogP contribution in [0, 0.1) is 16.7 Å². The van der Waals surface area contributed by atoms with E-state index in [-0.39, 0.29) is 17.4 Å². The lowest BCUT2D eigenvalue weighted by Gasteiger charge is -2.27. The monoisotopic (exact) mass is 240 g/mol. The first-order chi connectivity index (χ1) is 7.54. The van der Waals surface area contributed by atoms with Crippen LogP contribution in [0.25, 0.3) is 0 Å². The minimum Gasteiger partial charge on any atom is -0.339 e. The lowest BCUT2D eigenvalue weighted by atomic mass is 10.0. The SMILES string of the molecule is CC(C)N(CCC#N)C(=O)CC1(CS)CC1. The van der Waals surface area contributed by atoms with Crippen molar-refractivity contribution in [2.24, 2.45) is 5.41 Å². The van der Waals surface area contributed by atoms with Gasteiger partial charge in [0, 0.05) is 19.0 Å². The highest BCUT2D eigenvalue weighted by atomic mass is 32.1. The van der Waals surface area contributed by atoms with Crippen molar-refractivity contribution < 1.29 is 4.79 Å². The molecule has 0 N–H and O–H groups in total. The van der Waals surface area contributed by atoms with E-state index < -0.39 is 0 Å². The summed E-state index contributed by atoms with van der Waals surface area (Å²) in [4.78, 5) is 13.9. The van der Waals surface area contributed by atoms with Gasteiger partial charge in [0.2, 0.25) is 5.91 Å². The molecule has 1 aliphatic rings. The van der Waals surface area contributed by atoms with Crippen molar-refractivity contribution in [3.05, 3.63) is 0 Å². The molecule has 0 radical (unpaired) electrons. The predicted octanol–water partition coefficient (Wildman–Crippen LogP) is 2.24. The average Bonchev–Trinajstić information content (AvgIpc) is 2.98. The van der Waals surface area contributed by atoms with Crippen LogP contribution >= 0.6 is 12.6 Å². The highest BCUT2D eigenvalue weighted by Crippen LogP contribution is 2.49. The first-order valence-corrected chi connectivity index (χ1v) is 6.45.